The van der Waals surface area contributed by atoms with E-state index in [1.165, 1.54) is 15.6 Å². The Morgan fingerprint density at radius 1 is 1.31 bits per heavy atom. The zero-order chi connectivity index (χ0) is 18.6. The number of aromatic nitrogens is 1. The summed E-state index contributed by atoms with van der Waals surface area (Å²) >= 11 is 1.36. The molecule has 1 aromatic carbocycles. The lowest BCUT2D eigenvalue weighted by atomic mass is 9.97. The number of amides is 1. The zero-order valence-electron chi connectivity index (χ0n) is 14.4. The van der Waals surface area contributed by atoms with E-state index < -0.39 is 10.0 Å². The Morgan fingerprint density at radius 2 is 2.00 bits per heavy atom. The number of rotatable bonds is 6. The van der Waals surface area contributed by atoms with Gasteiger partial charge in [-0.25, -0.2) is 13.4 Å². The van der Waals surface area contributed by atoms with Crippen molar-refractivity contribution >= 4 is 32.4 Å². The molecule has 1 aromatic heterocycles. The van der Waals surface area contributed by atoms with Crippen molar-refractivity contribution in [3.8, 4) is 5.75 Å². The molecule has 26 heavy (non-hydrogen) atoms. The molecule has 7 nitrogen and oxygen atoms in total. The molecule has 2 aromatic rings. The lowest BCUT2D eigenvalue weighted by Gasteiger charge is -2.30. The molecule has 1 aliphatic heterocycles. The van der Waals surface area contributed by atoms with Crippen molar-refractivity contribution in [2.45, 2.75) is 24.7 Å². The maximum absolute atomic E-state index is 12.8. The quantitative estimate of drug-likeness (QED) is 0.812. The Labute approximate surface area is 157 Å². The third-order valence-corrected chi connectivity index (χ3v) is 6.86. The minimum atomic E-state index is -3.56. The molecule has 140 valence electrons. The van der Waals surface area contributed by atoms with Crippen molar-refractivity contribution in [3.05, 3.63) is 35.8 Å². The fourth-order valence-corrected chi connectivity index (χ4v) is 4.88. The molecular formula is C17H21N3O4S2. The van der Waals surface area contributed by atoms with E-state index in [9.17, 15) is 13.2 Å². The highest BCUT2D eigenvalue weighted by Crippen LogP contribution is 2.26. The van der Waals surface area contributed by atoms with Crippen LogP contribution in [0.25, 0.3) is 0 Å². The number of carbonyl (C=O) groups is 1. The first-order valence-electron chi connectivity index (χ1n) is 8.44. The van der Waals surface area contributed by atoms with Crippen molar-refractivity contribution in [2.75, 3.05) is 25.0 Å². The van der Waals surface area contributed by atoms with Gasteiger partial charge in [-0.2, -0.15) is 4.31 Å². The molecular weight excluding hydrogens is 374 g/mol. The zero-order valence-corrected chi connectivity index (χ0v) is 16.1. The molecule has 1 N–H and O–H groups in total. The number of ether oxygens (including phenoxy) is 1. The van der Waals surface area contributed by atoms with Gasteiger partial charge in [0.15, 0.2) is 5.13 Å². The van der Waals surface area contributed by atoms with Crippen molar-refractivity contribution in [1.29, 1.82) is 0 Å². The first-order valence-corrected chi connectivity index (χ1v) is 10.8. The van der Waals surface area contributed by atoms with Crippen molar-refractivity contribution in [3.63, 3.8) is 0 Å². The summed E-state index contributed by atoms with van der Waals surface area (Å²) < 4.78 is 32.3. The standard InChI is InChI=1S/C17H21N3O4S2/c1-2-24-14-3-5-15(6-4-14)26(22,23)20-10-7-13(8-11-20)16(21)19-17-18-9-12-25-17/h3-6,9,12-13H,2,7-8,10-11H2,1H3,(H,18,19,21). The van der Waals surface area contributed by atoms with Gasteiger partial charge >= 0.3 is 0 Å². The number of hydrogen-bond acceptors (Lipinski definition) is 6. The molecule has 9 heteroatoms. The van der Waals surface area contributed by atoms with Gasteiger partial charge in [-0.3, -0.25) is 4.79 Å². The molecule has 0 atom stereocenters. The monoisotopic (exact) mass is 395 g/mol. The van der Waals surface area contributed by atoms with Gasteiger partial charge in [0.25, 0.3) is 0 Å². The fraction of sp³-hybridized carbons (Fsp3) is 0.412. The minimum absolute atomic E-state index is 0.0990. The number of sulfonamides is 1. The molecule has 0 unspecified atom stereocenters. The van der Waals surface area contributed by atoms with E-state index in [-0.39, 0.29) is 16.7 Å². The largest absolute Gasteiger partial charge is 0.494 e. The summed E-state index contributed by atoms with van der Waals surface area (Å²) in [5.41, 5.74) is 0. The topological polar surface area (TPSA) is 88.6 Å². The average molecular weight is 396 g/mol. The Bertz CT molecular complexity index is 827. The van der Waals surface area contributed by atoms with E-state index in [4.69, 9.17) is 4.74 Å². The average Bonchev–Trinajstić information content (AvgIpc) is 3.15. The van der Waals surface area contributed by atoms with Crippen LogP contribution in [-0.2, 0) is 14.8 Å². The van der Waals surface area contributed by atoms with Crippen LogP contribution in [0.5, 0.6) is 5.75 Å². The summed E-state index contributed by atoms with van der Waals surface area (Å²) in [5, 5.41) is 5.14. The van der Waals surface area contributed by atoms with E-state index in [0.717, 1.165) is 0 Å². The van der Waals surface area contributed by atoms with E-state index in [1.807, 2.05) is 6.92 Å². The predicted molar refractivity (Wildman–Crippen MR) is 99.8 cm³/mol. The van der Waals surface area contributed by atoms with Crippen molar-refractivity contribution in [1.82, 2.24) is 9.29 Å². The van der Waals surface area contributed by atoms with Gasteiger partial charge in [-0.15, -0.1) is 11.3 Å². The van der Waals surface area contributed by atoms with Crippen LogP contribution >= 0.6 is 11.3 Å². The Morgan fingerprint density at radius 3 is 2.58 bits per heavy atom. The number of carbonyl (C=O) groups excluding carboxylic acids is 1. The van der Waals surface area contributed by atoms with Crippen LogP contribution in [-0.4, -0.2) is 43.3 Å². The van der Waals surface area contributed by atoms with Gasteiger partial charge in [0, 0.05) is 30.6 Å². The predicted octanol–water partition coefficient (Wildman–Crippen LogP) is 2.58. The van der Waals surface area contributed by atoms with Gasteiger partial charge in [-0.05, 0) is 44.0 Å². The summed E-state index contributed by atoms with van der Waals surface area (Å²) in [4.78, 5) is 16.5. The highest BCUT2D eigenvalue weighted by atomic mass is 32.2. The van der Waals surface area contributed by atoms with Gasteiger partial charge < -0.3 is 10.1 Å². The molecule has 2 heterocycles. The second kappa shape index (κ2) is 8.15. The minimum Gasteiger partial charge on any atom is -0.494 e. The van der Waals surface area contributed by atoms with Gasteiger partial charge in [0.2, 0.25) is 15.9 Å². The number of anilines is 1. The highest BCUT2D eigenvalue weighted by Gasteiger charge is 2.32. The molecule has 1 fully saturated rings. The maximum Gasteiger partial charge on any atom is 0.243 e. The second-order valence-corrected chi connectivity index (χ2v) is 8.74. The normalized spacial score (nSPS) is 16.3. The third kappa shape index (κ3) is 4.22. The van der Waals surface area contributed by atoms with Gasteiger partial charge in [0.1, 0.15) is 5.75 Å². The summed E-state index contributed by atoms with van der Waals surface area (Å²) in [7, 11) is -3.56. The molecule has 1 saturated heterocycles. The first kappa shape index (κ1) is 18.8. The van der Waals surface area contributed by atoms with Crippen LogP contribution in [0.2, 0.25) is 0 Å². The molecule has 0 aliphatic carbocycles. The van der Waals surface area contributed by atoms with Gasteiger partial charge in [0.05, 0.1) is 11.5 Å². The Balaban J connectivity index is 1.60. The Kier molecular flexibility index (Phi) is 5.90. The van der Waals surface area contributed by atoms with Crippen LogP contribution in [0.1, 0.15) is 19.8 Å². The fourth-order valence-electron chi connectivity index (χ4n) is 2.87. The highest BCUT2D eigenvalue weighted by molar-refractivity contribution is 7.89. The van der Waals surface area contributed by atoms with E-state index >= 15 is 0 Å². The van der Waals surface area contributed by atoms with E-state index in [1.54, 1.807) is 35.8 Å². The van der Waals surface area contributed by atoms with Crippen LogP contribution < -0.4 is 10.1 Å². The summed E-state index contributed by atoms with van der Waals surface area (Å²) in [6.07, 6.45) is 2.62. The molecule has 3 rings (SSSR count). The number of hydrogen-bond donors (Lipinski definition) is 1. The van der Waals surface area contributed by atoms with E-state index in [0.29, 0.717) is 43.4 Å². The molecule has 0 saturated carbocycles. The molecule has 0 bridgehead atoms. The summed E-state index contributed by atoms with van der Waals surface area (Å²) in [5.74, 6) is 0.341. The molecule has 0 radical (unpaired) electrons. The van der Waals surface area contributed by atoms with Crippen LogP contribution in [0.15, 0.2) is 40.7 Å². The van der Waals surface area contributed by atoms with Gasteiger partial charge in [-0.1, -0.05) is 0 Å². The summed E-state index contributed by atoms with van der Waals surface area (Å²) in [6, 6.07) is 6.43. The smallest absolute Gasteiger partial charge is 0.243 e. The lowest BCUT2D eigenvalue weighted by molar-refractivity contribution is -0.120. The first-order chi connectivity index (χ1) is 12.5. The molecule has 1 aliphatic rings. The van der Waals surface area contributed by atoms with E-state index in [2.05, 4.69) is 10.3 Å². The second-order valence-electron chi connectivity index (χ2n) is 5.91. The maximum atomic E-state index is 12.8. The SMILES string of the molecule is CCOc1ccc(S(=O)(=O)N2CCC(C(=O)Nc3nccs3)CC2)cc1. The number of benzene rings is 1. The molecule has 1 amide bonds. The summed E-state index contributed by atoms with van der Waals surface area (Å²) in [6.45, 7) is 3.05. The number of nitrogens with zero attached hydrogens (tertiary/aromatic N) is 2. The molecule has 0 spiro atoms. The van der Waals surface area contributed by atoms with Crippen LogP contribution in [0, 0.1) is 5.92 Å². The van der Waals surface area contributed by atoms with Crippen LogP contribution in [0.4, 0.5) is 5.13 Å². The lowest BCUT2D eigenvalue weighted by Crippen LogP contribution is -2.41. The third-order valence-electron chi connectivity index (χ3n) is 4.26. The van der Waals surface area contributed by atoms with Crippen molar-refractivity contribution in [2.24, 2.45) is 5.92 Å². The van der Waals surface area contributed by atoms with Crippen LogP contribution in [0.3, 0.4) is 0 Å². The number of nitrogens with one attached hydrogen (secondary N) is 1. The number of piperidine rings is 1. The Hall–Kier alpha value is -1.97. The number of thiazole rings is 1. The van der Waals surface area contributed by atoms with Crippen molar-refractivity contribution < 1.29 is 17.9 Å².